The largest absolute Gasteiger partial charge is 0.322 e. The molecule has 1 aromatic carbocycles. The third kappa shape index (κ3) is 3.26. The van der Waals surface area contributed by atoms with Crippen molar-refractivity contribution in [1.82, 2.24) is 4.90 Å². The van der Waals surface area contributed by atoms with Crippen molar-refractivity contribution in [3.05, 3.63) is 28.0 Å². The van der Waals surface area contributed by atoms with Gasteiger partial charge in [-0.25, -0.2) is 18.0 Å². The fraction of sp³-hybridized carbons (Fsp3) is 0.462. The van der Waals surface area contributed by atoms with Crippen molar-refractivity contribution in [3.8, 4) is 0 Å². The van der Waals surface area contributed by atoms with Crippen molar-refractivity contribution in [1.29, 1.82) is 0 Å². The molecule has 0 aromatic heterocycles. The molecule has 2 rings (SSSR count). The van der Waals surface area contributed by atoms with Crippen LogP contribution < -0.4 is 5.32 Å². The van der Waals surface area contributed by atoms with Crippen molar-refractivity contribution >= 4 is 27.6 Å². The highest BCUT2D eigenvalue weighted by Crippen LogP contribution is 2.28. The molecular weight excluding hydrogens is 337 g/mol. The number of hydrogen-bond acceptors (Lipinski definition) is 1. The smallest absolute Gasteiger partial charge is 0.318 e. The minimum atomic E-state index is -2.85. The molecule has 0 bridgehead atoms. The maximum Gasteiger partial charge on any atom is 0.322 e. The Kier molecular flexibility index (Phi) is 4.27. The van der Waals surface area contributed by atoms with Crippen molar-refractivity contribution in [2.75, 3.05) is 18.4 Å². The average molecular weight is 351 g/mol. The first-order valence-electron chi connectivity index (χ1n) is 6.18. The van der Waals surface area contributed by atoms with Gasteiger partial charge in [0.25, 0.3) is 5.92 Å². The molecule has 0 atom stereocenters. The van der Waals surface area contributed by atoms with E-state index in [9.17, 15) is 18.0 Å². The van der Waals surface area contributed by atoms with Gasteiger partial charge in [-0.1, -0.05) is 0 Å². The molecule has 1 N–H and O–H groups in total. The average Bonchev–Trinajstić information content (AvgIpc) is 2.38. The maximum absolute atomic E-state index is 13.7. The number of likely N-dealkylation sites (tertiary alicyclic amines) is 1. The van der Waals surface area contributed by atoms with E-state index in [-0.39, 0.29) is 35.1 Å². The van der Waals surface area contributed by atoms with E-state index in [2.05, 4.69) is 21.2 Å². The summed E-state index contributed by atoms with van der Waals surface area (Å²) >= 11 is 3.04. The van der Waals surface area contributed by atoms with E-state index < -0.39 is 24.3 Å². The first-order chi connectivity index (χ1) is 9.30. The fourth-order valence-corrected chi connectivity index (χ4v) is 2.55. The zero-order valence-corrected chi connectivity index (χ0v) is 12.4. The van der Waals surface area contributed by atoms with Crippen LogP contribution in [0.1, 0.15) is 18.4 Å². The Morgan fingerprint density at radius 3 is 2.80 bits per heavy atom. The number of amides is 2. The molecule has 1 aliphatic rings. The number of nitrogens with zero attached hydrogens (tertiary/aromatic N) is 1. The van der Waals surface area contributed by atoms with Crippen molar-refractivity contribution < 1.29 is 18.0 Å². The predicted octanol–water partition coefficient (Wildman–Crippen LogP) is 4.16. The lowest BCUT2D eigenvalue weighted by molar-refractivity contribution is -0.0510. The number of alkyl halides is 2. The highest BCUT2D eigenvalue weighted by Gasteiger charge is 2.37. The van der Waals surface area contributed by atoms with Gasteiger partial charge < -0.3 is 10.2 Å². The van der Waals surface area contributed by atoms with Gasteiger partial charge in [-0.05, 0) is 41.4 Å². The highest BCUT2D eigenvalue weighted by atomic mass is 79.9. The normalized spacial score (nSPS) is 17.9. The van der Waals surface area contributed by atoms with E-state index in [0.717, 1.165) is 4.90 Å². The van der Waals surface area contributed by atoms with E-state index in [1.54, 1.807) is 0 Å². The Morgan fingerprint density at radius 1 is 1.45 bits per heavy atom. The van der Waals surface area contributed by atoms with Crippen LogP contribution in [0, 0.1) is 12.7 Å². The second-order valence-electron chi connectivity index (χ2n) is 4.85. The molecule has 110 valence electrons. The lowest BCUT2D eigenvalue weighted by atomic mass is 10.1. The Bertz CT molecular complexity index is 537. The molecule has 1 heterocycles. The number of carbonyl (C=O) groups excluding carboxylic acids is 1. The SMILES string of the molecule is Cc1c(NC(=O)N2CCCC(F)(F)C2)ccc(Br)c1F. The molecule has 3 nitrogen and oxygen atoms in total. The summed E-state index contributed by atoms with van der Waals surface area (Å²) in [6.07, 6.45) is 0.0524. The number of rotatable bonds is 1. The van der Waals surface area contributed by atoms with Crippen LogP contribution in [0.15, 0.2) is 16.6 Å². The van der Waals surface area contributed by atoms with Crippen LogP contribution in [0.5, 0.6) is 0 Å². The topological polar surface area (TPSA) is 32.3 Å². The molecule has 20 heavy (non-hydrogen) atoms. The van der Waals surface area contributed by atoms with Crippen LogP contribution in [0.3, 0.4) is 0 Å². The quantitative estimate of drug-likeness (QED) is 0.810. The number of nitrogens with one attached hydrogen (secondary N) is 1. The van der Waals surface area contributed by atoms with Gasteiger partial charge in [-0.3, -0.25) is 0 Å². The number of benzene rings is 1. The summed E-state index contributed by atoms with van der Waals surface area (Å²) in [6, 6.07) is 2.36. The predicted molar refractivity (Wildman–Crippen MR) is 73.6 cm³/mol. The molecule has 1 saturated heterocycles. The van der Waals surface area contributed by atoms with Crippen LogP contribution in [-0.4, -0.2) is 29.9 Å². The number of urea groups is 1. The Balaban J connectivity index is 2.10. The number of piperidine rings is 1. The highest BCUT2D eigenvalue weighted by molar-refractivity contribution is 9.10. The minimum absolute atomic E-state index is 0.206. The van der Waals surface area contributed by atoms with Crippen LogP contribution in [0.4, 0.5) is 23.7 Å². The number of carbonyl (C=O) groups is 1. The Morgan fingerprint density at radius 2 is 2.15 bits per heavy atom. The van der Waals surface area contributed by atoms with Gasteiger partial charge in [0.05, 0.1) is 11.0 Å². The molecule has 1 fully saturated rings. The van der Waals surface area contributed by atoms with Gasteiger partial charge >= 0.3 is 6.03 Å². The van der Waals surface area contributed by atoms with E-state index in [0.29, 0.717) is 0 Å². The second kappa shape index (κ2) is 5.63. The monoisotopic (exact) mass is 350 g/mol. The summed E-state index contributed by atoms with van der Waals surface area (Å²) in [5, 5.41) is 2.48. The first-order valence-corrected chi connectivity index (χ1v) is 6.98. The Labute approximate surface area is 123 Å². The van der Waals surface area contributed by atoms with Crippen molar-refractivity contribution in [2.24, 2.45) is 0 Å². The molecule has 2 amide bonds. The van der Waals surface area contributed by atoms with E-state index in [1.807, 2.05) is 0 Å². The van der Waals surface area contributed by atoms with Crippen LogP contribution >= 0.6 is 15.9 Å². The molecule has 0 spiro atoms. The van der Waals surface area contributed by atoms with Gasteiger partial charge in [0.1, 0.15) is 5.82 Å². The third-order valence-electron chi connectivity index (χ3n) is 3.26. The number of hydrogen-bond donors (Lipinski definition) is 1. The second-order valence-corrected chi connectivity index (χ2v) is 5.70. The lowest BCUT2D eigenvalue weighted by Crippen LogP contribution is -2.47. The lowest BCUT2D eigenvalue weighted by Gasteiger charge is -2.32. The first kappa shape index (κ1) is 15.2. The Hall–Kier alpha value is -1.24. The molecule has 1 aromatic rings. The van der Waals surface area contributed by atoms with Crippen molar-refractivity contribution in [2.45, 2.75) is 25.7 Å². The number of halogens is 4. The molecule has 0 saturated carbocycles. The van der Waals surface area contributed by atoms with E-state index >= 15 is 0 Å². The summed E-state index contributed by atoms with van der Waals surface area (Å²) in [5.74, 6) is -3.33. The van der Waals surface area contributed by atoms with Gasteiger partial charge in [0, 0.05) is 24.2 Å². The van der Waals surface area contributed by atoms with E-state index in [4.69, 9.17) is 0 Å². The molecule has 0 unspecified atom stereocenters. The fourth-order valence-electron chi connectivity index (χ4n) is 2.12. The maximum atomic E-state index is 13.7. The molecule has 0 radical (unpaired) electrons. The van der Waals surface area contributed by atoms with Crippen LogP contribution in [-0.2, 0) is 0 Å². The standard InChI is InChI=1S/C13H14BrF3N2O/c1-8-10(4-3-9(14)11(8)15)18-12(20)19-6-2-5-13(16,17)7-19/h3-4H,2,5-7H2,1H3,(H,18,20). The number of anilines is 1. The molecule has 0 aliphatic carbocycles. The van der Waals surface area contributed by atoms with Gasteiger partial charge in [0.15, 0.2) is 0 Å². The summed E-state index contributed by atoms with van der Waals surface area (Å²) in [7, 11) is 0. The summed E-state index contributed by atoms with van der Waals surface area (Å²) in [5.41, 5.74) is 0.543. The zero-order chi connectivity index (χ0) is 14.9. The van der Waals surface area contributed by atoms with Gasteiger partial charge in [-0.15, -0.1) is 0 Å². The molecule has 1 aliphatic heterocycles. The minimum Gasteiger partial charge on any atom is -0.318 e. The van der Waals surface area contributed by atoms with Crippen LogP contribution in [0.25, 0.3) is 0 Å². The van der Waals surface area contributed by atoms with Crippen molar-refractivity contribution in [3.63, 3.8) is 0 Å². The third-order valence-corrected chi connectivity index (χ3v) is 3.87. The van der Waals surface area contributed by atoms with Gasteiger partial charge in [-0.2, -0.15) is 0 Å². The molecular formula is C13H14BrF3N2O. The summed E-state index contributed by atoms with van der Waals surface area (Å²) < 4.78 is 40.5. The van der Waals surface area contributed by atoms with Crippen LogP contribution in [0.2, 0.25) is 0 Å². The summed E-state index contributed by atoms with van der Waals surface area (Å²) in [4.78, 5) is 13.0. The van der Waals surface area contributed by atoms with Gasteiger partial charge in [0.2, 0.25) is 0 Å². The van der Waals surface area contributed by atoms with E-state index in [1.165, 1.54) is 19.1 Å². The molecule has 7 heteroatoms. The summed E-state index contributed by atoms with van der Waals surface area (Å²) in [6.45, 7) is 1.19. The zero-order valence-electron chi connectivity index (χ0n) is 10.9.